The minimum absolute atomic E-state index is 0.224. The fourth-order valence-corrected chi connectivity index (χ4v) is 2.03. The zero-order chi connectivity index (χ0) is 13.3. The number of aromatic carboxylic acids is 1. The van der Waals surface area contributed by atoms with Crippen molar-refractivity contribution in [2.75, 3.05) is 5.32 Å². The number of anilines is 2. The molecule has 0 aliphatic rings. The van der Waals surface area contributed by atoms with E-state index in [1.54, 1.807) is 22.9 Å². The maximum atomic E-state index is 11.1. The van der Waals surface area contributed by atoms with E-state index in [9.17, 15) is 4.79 Å². The van der Waals surface area contributed by atoms with E-state index in [2.05, 4.69) is 26.3 Å². The van der Waals surface area contributed by atoms with Crippen LogP contribution in [0, 0.1) is 6.92 Å². The number of nitrogens with zero attached hydrogens (tertiary/aromatic N) is 2. The molecule has 0 unspecified atom stereocenters. The predicted octanol–water partition coefficient (Wildman–Crippen LogP) is 2.93. The minimum atomic E-state index is -0.966. The first-order valence-corrected chi connectivity index (χ1v) is 6.07. The molecular formula is C12H12BrN3O2. The van der Waals surface area contributed by atoms with Crippen molar-refractivity contribution in [3.05, 3.63) is 40.1 Å². The summed E-state index contributed by atoms with van der Waals surface area (Å²) in [6.45, 7) is 1.86. The molecule has 0 aliphatic heterocycles. The highest BCUT2D eigenvalue weighted by molar-refractivity contribution is 9.10. The molecule has 0 saturated heterocycles. The summed E-state index contributed by atoms with van der Waals surface area (Å²) in [5, 5.41) is 16.4. The lowest BCUT2D eigenvalue weighted by Crippen LogP contribution is -2.02. The largest absolute Gasteiger partial charge is 0.478 e. The van der Waals surface area contributed by atoms with Gasteiger partial charge in [-0.3, -0.25) is 4.68 Å². The van der Waals surface area contributed by atoms with E-state index in [0.29, 0.717) is 5.69 Å². The van der Waals surface area contributed by atoms with Crippen LogP contribution in [0.15, 0.2) is 28.9 Å². The van der Waals surface area contributed by atoms with Crippen molar-refractivity contribution in [1.82, 2.24) is 9.78 Å². The maximum absolute atomic E-state index is 11.1. The van der Waals surface area contributed by atoms with E-state index < -0.39 is 5.97 Å². The average molecular weight is 310 g/mol. The summed E-state index contributed by atoms with van der Waals surface area (Å²) >= 11 is 3.33. The molecule has 0 bridgehead atoms. The summed E-state index contributed by atoms with van der Waals surface area (Å²) in [6, 6.07) is 4.99. The molecule has 0 aliphatic carbocycles. The van der Waals surface area contributed by atoms with Gasteiger partial charge in [-0.25, -0.2) is 4.79 Å². The van der Waals surface area contributed by atoms with Crippen LogP contribution in [-0.2, 0) is 7.05 Å². The first-order chi connectivity index (χ1) is 8.47. The quantitative estimate of drug-likeness (QED) is 0.914. The molecule has 18 heavy (non-hydrogen) atoms. The maximum Gasteiger partial charge on any atom is 0.337 e. The van der Waals surface area contributed by atoms with Crippen LogP contribution in [0.4, 0.5) is 11.4 Å². The monoisotopic (exact) mass is 309 g/mol. The second kappa shape index (κ2) is 4.81. The molecule has 0 fully saturated rings. The van der Waals surface area contributed by atoms with Gasteiger partial charge in [0.25, 0.3) is 0 Å². The third-order valence-electron chi connectivity index (χ3n) is 2.49. The average Bonchev–Trinajstić information content (AvgIpc) is 2.57. The Morgan fingerprint density at radius 3 is 2.72 bits per heavy atom. The Labute approximate surface area is 113 Å². The van der Waals surface area contributed by atoms with E-state index in [1.165, 1.54) is 0 Å². The van der Waals surface area contributed by atoms with Crippen molar-refractivity contribution in [2.45, 2.75) is 6.92 Å². The number of nitrogens with one attached hydrogen (secondary N) is 1. The Bertz CT molecular complexity index is 607. The van der Waals surface area contributed by atoms with Gasteiger partial charge in [-0.15, -0.1) is 0 Å². The number of hydrogen-bond donors (Lipinski definition) is 2. The molecule has 0 spiro atoms. The van der Waals surface area contributed by atoms with Crippen LogP contribution in [-0.4, -0.2) is 20.9 Å². The highest BCUT2D eigenvalue weighted by atomic mass is 79.9. The molecule has 94 valence electrons. The number of aryl methyl sites for hydroxylation is 2. The van der Waals surface area contributed by atoms with Gasteiger partial charge in [0, 0.05) is 17.7 Å². The first kappa shape index (κ1) is 12.6. The summed E-state index contributed by atoms with van der Waals surface area (Å²) in [4.78, 5) is 11.1. The third-order valence-corrected chi connectivity index (χ3v) is 2.99. The van der Waals surface area contributed by atoms with Gasteiger partial charge in [0.2, 0.25) is 0 Å². The second-order valence-corrected chi connectivity index (χ2v) is 4.84. The normalized spacial score (nSPS) is 10.4. The van der Waals surface area contributed by atoms with Crippen molar-refractivity contribution in [3.8, 4) is 0 Å². The molecule has 0 atom stereocenters. The van der Waals surface area contributed by atoms with Crippen molar-refractivity contribution >= 4 is 33.3 Å². The van der Waals surface area contributed by atoms with Gasteiger partial charge in [0.15, 0.2) is 0 Å². The number of benzene rings is 1. The lowest BCUT2D eigenvalue weighted by molar-refractivity contribution is 0.0698. The first-order valence-electron chi connectivity index (χ1n) is 5.27. The molecule has 1 aromatic carbocycles. The molecule has 5 nitrogen and oxygen atoms in total. The SMILES string of the molecule is Cc1nn(C)cc1Nc1cc(Br)ccc1C(=O)O. The Hall–Kier alpha value is -1.82. The molecule has 0 amide bonds. The van der Waals surface area contributed by atoms with Gasteiger partial charge >= 0.3 is 5.97 Å². The molecule has 2 N–H and O–H groups in total. The molecule has 0 radical (unpaired) electrons. The van der Waals surface area contributed by atoms with Gasteiger partial charge in [0.1, 0.15) is 0 Å². The summed E-state index contributed by atoms with van der Waals surface area (Å²) in [5.74, 6) is -0.966. The third kappa shape index (κ3) is 2.53. The number of hydrogen-bond acceptors (Lipinski definition) is 3. The van der Waals surface area contributed by atoms with Gasteiger partial charge in [0.05, 0.1) is 22.6 Å². The van der Waals surface area contributed by atoms with E-state index in [-0.39, 0.29) is 5.56 Å². The number of aromatic nitrogens is 2. The lowest BCUT2D eigenvalue weighted by Gasteiger charge is -2.09. The van der Waals surface area contributed by atoms with Crippen molar-refractivity contribution in [3.63, 3.8) is 0 Å². The Balaban J connectivity index is 2.42. The van der Waals surface area contributed by atoms with Gasteiger partial charge in [-0.1, -0.05) is 15.9 Å². The van der Waals surface area contributed by atoms with Gasteiger partial charge in [-0.2, -0.15) is 5.10 Å². The lowest BCUT2D eigenvalue weighted by atomic mass is 10.1. The molecule has 0 saturated carbocycles. The Morgan fingerprint density at radius 1 is 1.44 bits per heavy atom. The van der Waals surface area contributed by atoms with E-state index in [4.69, 9.17) is 5.11 Å². The number of carboxylic acid groups (broad SMARTS) is 1. The predicted molar refractivity (Wildman–Crippen MR) is 72.3 cm³/mol. The number of carbonyl (C=O) groups is 1. The van der Waals surface area contributed by atoms with Crippen LogP contribution < -0.4 is 5.32 Å². The second-order valence-electron chi connectivity index (χ2n) is 3.92. The summed E-state index contributed by atoms with van der Waals surface area (Å²) in [5.41, 5.74) is 2.36. The topological polar surface area (TPSA) is 67.2 Å². The van der Waals surface area contributed by atoms with E-state index >= 15 is 0 Å². The summed E-state index contributed by atoms with van der Waals surface area (Å²) in [7, 11) is 1.82. The highest BCUT2D eigenvalue weighted by Gasteiger charge is 2.12. The minimum Gasteiger partial charge on any atom is -0.478 e. The summed E-state index contributed by atoms with van der Waals surface area (Å²) < 4.78 is 2.49. The van der Waals surface area contributed by atoms with Crippen LogP contribution >= 0.6 is 15.9 Å². The fourth-order valence-electron chi connectivity index (χ4n) is 1.67. The van der Waals surface area contributed by atoms with E-state index in [0.717, 1.165) is 15.9 Å². The van der Waals surface area contributed by atoms with Crippen LogP contribution in [0.2, 0.25) is 0 Å². The van der Waals surface area contributed by atoms with Crippen molar-refractivity contribution < 1.29 is 9.90 Å². The zero-order valence-electron chi connectivity index (χ0n) is 9.94. The molecule has 2 rings (SSSR count). The van der Waals surface area contributed by atoms with Crippen molar-refractivity contribution in [2.24, 2.45) is 7.05 Å². The summed E-state index contributed by atoms with van der Waals surface area (Å²) in [6.07, 6.45) is 1.81. The molecule has 2 aromatic rings. The number of carboxylic acids is 1. The highest BCUT2D eigenvalue weighted by Crippen LogP contribution is 2.26. The molecule has 1 heterocycles. The number of halogens is 1. The smallest absolute Gasteiger partial charge is 0.337 e. The van der Waals surface area contributed by atoms with E-state index in [1.807, 2.05) is 20.2 Å². The van der Waals surface area contributed by atoms with Crippen LogP contribution in [0.3, 0.4) is 0 Å². The molecule has 1 aromatic heterocycles. The number of rotatable bonds is 3. The van der Waals surface area contributed by atoms with Gasteiger partial charge < -0.3 is 10.4 Å². The van der Waals surface area contributed by atoms with Gasteiger partial charge in [-0.05, 0) is 25.1 Å². The zero-order valence-corrected chi connectivity index (χ0v) is 11.5. The van der Waals surface area contributed by atoms with Crippen LogP contribution in [0.25, 0.3) is 0 Å². The fraction of sp³-hybridized carbons (Fsp3) is 0.167. The Morgan fingerprint density at radius 2 is 2.17 bits per heavy atom. The molecule has 6 heteroatoms. The molecular weight excluding hydrogens is 298 g/mol. The standard InChI is InChI=1S/C12H12BrN3O2/c1-7-11(6-16(2)15-7)14-10-5-8(13)3-4-9(10)12(17)18/h3-6,14H,1-2H3,(H,17,18). The van der Waals surface area contributed by atoms with Crippen LogP contribution in [0.1, 0.15) is 16.1 Å². The van der Waals surface area contributed by atoms with Crippen molar-refractivity contribution in [1.29, 1.82) is 0 Å². The van der Waals surface area contributed by atoms with Crippen LogP contribution in [0.5, 0.6) is 0 Å². The Kier molecular flexibility index (Phi) is 3.38.